The van der Waals surface area contributed by atoms with Crippen molar-refractivity contribution in [1.82, 2.24) is 4.90 Å². The van der Waals surface area contributed by atoms with Gasteiger partial charge in [0.2, 0.25) is 0 Å². The molecule has 0 aromatic carbocycles. The fourth-order valence-corrected chi connectivity index (χ4v) is 3.80. The van der Waals surface area contributed by atoms with E-state index < -0.39 is 13.9 Å². The number of aliphatic hydroxyl groups excluding tert-OH is 1. The molecule has 1 N–H and O–H groups in total. The van der Waals surface area contributed by atoms with Crippen molar-refractivity contribution in [2.24, 2.45) is 5.92 Å². The lowest BCUT2D eigenvalue weighted by Gasteiger charge is -2.44. The lowest BCUT2D eigenvalue weighted by atomic mass is 9.97. The number of piperidine rings is 1. The molecule has 1 heterocycles. The Bertz CT molecular complexity index is 412. The minimum absolute atomic E-state index is 0.0330. The van der Waals surface area contributed by atoms with Crippen molar-refractivity contribution < 1.29 is 19.1 Å². The summed E-state index contributed by atoms with van der Waals surface area (Å²) in [7, 11) is -1.91. The van der Waals surface area contributed by atoms with Gasteiger partial charge < -0.3 is 19.2 Å². The minimum Gasteiger partial charge on any atom is -0.444 e. The molecule has 1 aliphatic rings. The van der Waals surface area contributed by atoms with Gasteiger partial charge in [-0.2, -0.15) is 0 Å². The minimum atomic E-state index is -1.91. The second kappa shape index (κ2) is 7.11. The molecule has 1 rings (SSSR count). The number of hydrogen-bond acceptors (Lipinski definition) is 4. The second-order valence-corrected chi connectivity index (χ2v) is 13.9. The van der Waals surface area contributed by atoms with Gasteiger partial charge in [-0.05, 0) is 45.3 Å². The van der Waals surface area contributed by atoms with Crippen LogP contribution in [-0.2, 0) is 9.16 Å². The quantitative estimate of drug-likeness (QED) is 0.794. The lowest BCUT2D eigenvalue weighted by molar-refractivity contribution is -0.0111. The number of aliphatic hydroxyl groups is 1. The Morgan fingerprint density at radius 2 is 1.74 bits per heavy atom. The van der Waals surface area contributed by atoms with Gasteiger partial charge in [0.05, 0.1) is 6.10 Å². The van der Waals surface area contributed by atoms with E-state index in [-0.39, 0.29) is 29.8 Å². The maximum absolute atomic E-state index is 12.4. The van der Waals surface area contributed by atoms with Crippen LogP contribution < -0.4 is 0 Å². The van der Waals surface area contributed by atoms with Crippen LogP contribution in [0.1, 0.15) is 48.0 Å². The van der Waals surface area contributed by atoms with Gasteiger partial charge in [-0.25, -0.2) is 4.79 Å². The molecule has 1 aliphatic heterocycles. The third-order valence-corrected chi connectivity index (χ3v) is 9.21. The standard InChI is InChI=1S/C17H35NO4Si/c1-16(2,3)21-15(20)18-10-13(12-19)9-14(11-18)22-23(7,8)17(4,5)6/h13-14,19H,9-12H2,1-8H3/t13-,14-/m1/s1. The van der Waals surface area contributed by atoms with Gasteiger partial charge in [0.25, 0.3) is 0 Å². The molecular weight excluding hydrogens is 310 g/mol. The molecule has 0 aromatic heterocycles. The average Bonchev–Trinajstić information content (AvgIpc) is 2.34. The van der Waals surface area contributed by atoms with Crippen LogP contribution in [0.4, 0.5) is 4.79 Å². The van der Waals surface area contributed by atoms with Crippen LogP contribution in [-0.4, -0.2) is 55.8 Å². The van der Waals surface area contributed by atoms with Crippen molar-refractivity contribution in [1.29, 1.82) is 0 Å². The van der Waals surface area contributed by atoms with Crippen LogP contribution in [0, 0.1) is 5.92 Å². The van der Waals surface area contributed by atoms with Crippen molar-refractivity contribution >= 4 is 14.4 Å². The third kappa shape index (κ3) is 6.08. The Labute approximate surface area is 142 Å². The van der Waals surface area contributed by atoms with Crippen LogP contribution in [0.5, 0.6) is 0 Å². The average molecular weight is 346 g/mol. The number of amides is 1. The van der Waals surface area contributed by atoms with Gasteiger partial charge in [0.1, 0.15) is 5.60 Å². The number of ether oxygens (including phenoxy) is 1. The SMILES string of the molecule is CC(C)(C)OC(=O)N1C[C@H](CO)C[C@@H](O[Si](C)(C)C(C)(C)C)C1. The van der Waals surface area contributed by atoms with E-state index in [4.69, 9.17) is 9.16 Å². The van der Waals surface area contributed by atoms with Crippen LogP contribution in [0.25, 0.3) is 0 Å². The van der Waals surface area contributed by atoms with Crippen LogP contribution >= 0.6 is 0 Å². The highest BCUT2D eigenvalue weighted by Crippen LogP contribution is 2.38. The molecule has 1 fully saturated rings. The van der Waals surface area contributed by atoms with Gasteiger partial charge in [-0.3, -0.25) is 0 Å². The Morgan fingerprint density at radius 1 is 1.17 bits per heavy atom. The highest BCUT2D eigenvalue weighted by atomic mass is 28.4. The highest BCUT2D eigenvalue weighted by Gasteiger charge is 2.42. The summed E-state index contributed by atoms with van der Waals surface area (Å²) in [6.45, 7) is 17.8. The molecule has 0 aromatic rings. The van der Waals surface area contributed by atoms with Crippen molar-refractivity contribution in [2.75, 3.05) is 19.7 Å². The summed E-state index contributed by atoms with van der Waals surface area (Å²) in [5.74, 6) is 0.0473. The molecule has 23 heavy (non-hydrogen) atoms. The van der Waals surface area contributed by atoms with Gasteiger partial charge >= 0.3 is 6.09 Å². The first-order chi connectivity index (χ1) is 10.2. The summed E-state index contributed by atoms with van der Waals surface area (Å²) < 4.78 is 11.9. The molecule has 6 heteroatoms. The smallest absolute Gasteiger partial charge is 0.410 e. The van der Waals surface area contributed by atoms with E-state index in [1.165, 1.54) is 0 Å². The molecule has 1 saturated heterocycles. The Kier molecular flexibility index (Phi) is 6.32. The molecular formula is C17H35NO4Si. The number of hydrogen-bond donors (Lipinski definition) is 1. The van der Waals surface area contributed by atoms with Crippen molar-refractivity contribution in [2.45, 2.75) is 77.8 Å². The molecule has 0 spiro atoms. The Balaban J connectivity index is 2.80. The zero-order valence-electron chi connectivity index (χ0n) is 16.1. The molecule has 0 aliphatic carbocycles. The predicted octanol–water partition coefficient (Wildman–Crippen LogP) is 3.63. The fraction of sp³-hybridized carbons (Fsp3) is 0.941. The maximum atomic E-state index is 12.4. The lowest BCUT2D eigenvalue weighted by Crippen LogP contribution is -2.53. The number of nitrogens with zero attached hydrogens (tertiary/aromatic N) is 1. The van der Waals surface area contributed by atoms with E-state index in [1.807, 2.05) is 20.8 Å². The summed E-state index contributed by atoms with van der Waals surface area (Å²) in [6, 6.07) is 0. The molecule has 0 unspecified atom stereocenters. The first kappa shape index (κ1) is 20.5. The molecule has 1 amide bonds. The number of rotatable bonds is 3. The normalized spacial score (nSPS) is 23.8. The molecule has 5 nitrogen and oxygen atoms in total. The Hall–Kier alpha value is -0.593. The first-order valence-corrected chi connectivity index (χ1v) is 11.4. The summed E-state index contributed by atoms with van der Waals surface area (Å²) >= 11 is 0. The number of carbonyl (C=O) groups excluding carboxylic acids is 1. The topological polar surface area (TPSA) is 59.0 Å². The van der Waals surface area contributed by atoms with E-state index in [9.17, 15) is 9.90 Å². The van der Waals surface area contributed by atoms with Gasteiger partial charge in [-0.15, -0.1) is 0 Å². The summed E-state index contributed by atoms with van der Waals surface area (Å²) in [5, 5.41) is 9.70. The maximum Gasteiger partial charge on any atom is 0.410 e. The third-order valence-electron chi connectivity index (χ3n) is 4.68. The molecule has 0 radical (unpaired) electrons. The highest BCUT2D eigenvalue weighted by molar-refractivity contribution is 6.74. The van der Waals surface area contributed by atoms with E-state index in [0.29, 0.717) is 13.1 Å². The van der Waals surface area contributed by atoms with Crippen LogP contribution in [0.3, 0.4) is 0 Å². The zero-order valence-corrected chi connectivity index (χ0v) is 17.1. The van der Waals surface area contributed by atoms with Crippen molar-refractivity contribution in [3.8, 4) is 0 Å². The van der Waals surface area contributed by atoms with Gasteiger partial charge in [0.15, 0.2) is 8.32 Å². The van der Waals surface area contributed by atoms with E-state index >= 15 is 0 Å². The van der Waals surface area contributed by atoms with Crippen molar-refractivity contribution in [3.63, 3.8) is 0 Å². The van der Waals surface area contributed by atoms with Gasteiger partial charge in [-0.1, -0.05) is 20.8 Å². The monoisotopic (exact) mass is 345 g/mol. The molecule has 0 bridgehead atoms. The number of likely N-dealkylation sites (tertiary alicyclic amines) is 1. The van der Waals surface area contributed by atoms with E-state index in [2.05, 4.69) is 33.9 Å². The van der Waals surface area contributed by atoms with E-state index in [1.54, 1.807) is 4.90 Å². The summed E-state index contributed by atoms with van der Waals surface area (Å²) in [4.78, 5) is 14.0. The molecule has 0 saturated carbocycles. The molecule has 2 atom stereocenters. The summed E-state index contributed by atoms with van der Waals surface area (Å²) in [6.07, 6.45) is 0.441. The predicted molar refractivity (Wildman–Crippen MR) is 95.1 cm³/mol. The van der Waals surface area contributed by atoms with Crippen LogP contribution in [0.2, 0.25) is 18.1 Å². The van der Waals surface area contributed by atoms with Gasteiger partial charge in [0, 0.05) is 25.6 Å². The zero-order chi connectivity index (χ0) is 18.1. The summed E-state index contributed by atoms with van der Waals surface area (Å²) in [5.41, 5.74) is -0.515. The largest absolute Gasteiger partial charge is 0.444 e. The van der Waals surface area contributed by atoms with Crippen LogP contribution in [0.15, 0.2) is 0 Å². The number of carbonyl (C=O) groups is 1. The first-order valence-electron chi connectivity index (χ1n) is 8.52. The van der Waals surface area contributed by atoms with Crippen molar-refractivity contribution in [3.05, 3.63) is 0 Å². The Morgan fingerprint density at radius 3 is 2.17 bits per heavy atom. The van der Waals surface area contributed by atoms with E-state index in [0.717, 1.165) is 6.42 Å². The molecule has 136 valence electrons. The second-order valence-electron chi connectivity index (χ2n) is 9.17. The fourth-order valence-electron chi connectivity index (χ4n) is 2.44.